The Morgan fingerprint density at radius 3 is 2.67 bits per heavy atom. The molecule has 0 fully saturated rings. The topological polar surface area (TPSA) is 61.9 Å². The molecule has 0 saturated heterocycles. The van der Waals surface area contributed by atoms with Gasteiger partial charge in [-0.25, -0.2) is 0 Å². The van der Waals surface area contributed by atoms with Gasteiger partial charge in [-0.1, -0.05) is 12.1 Å². The summed E-state index contributed by atoms with van der Waals surface area (Å²) in [4.78, 5) is 6.23. The second-order valence-electron chi connectivity index (χ2n) is 3.56. The summed E-state index contributed by atoms with van der Waals surface area (Å²) in [7, 11) is 0. The summed E-state index contributed by atoms with van der Waals surface area (Å²) in [6, 6.07) is 7.76. The molecule has 1 aromatic rings. The van der Waals surface area contributed by atoms with Crippen LogP contribution >= 0.6 is 0 Å². The molecule has 2 rings (SSSR count). The first kappa shape index (κ1) is 10.1. The van der Waals surface area contributed by atoms with Crippen molar-refractivity contribution in [3.63, 3.8) is 0 Å². The van der Waals surface area contributed by atoms with Crippen molar-refractivity contribution in [2.75, 3.05) is 24.5 Å². The SMILES string of the molecule is NCC(O)c1ccc(N2C=NCC2)cc1. The minimum Gasteiger partial charge on any atom is -0.387 e. The van der Waals surface area contributed by atoms with Crippen molar-refractivity contribution in [1.29, 1.82) is 0 Å². The first-order valence-corrected chi connectivity index (χ1v) is 5.06. The third-order valence-electron chi connectivity index (χ3n) is 2.52. The van der Waals surface area contributed by atoms with Gasteiger partial charge in [0.05, 0.1) is 19.0 Å². The molecule has 0 spiro atoms. The molecule has 80 valence electrons. The van der Waals surface area contributed by atoms with Crippen molar-refractivity contribution in [3.8, 4) is 0 Å². The predicted molar refractivity (Wildman–Crippen MR) is 61.2 cm³/mol. The van der Waals surface area contributed by atoms with Gasteiger partial charge in [-0.05, 0) is 17.7 Å². The van der Waals surface area contributed by atoms with E-state index in [1.54, 1.807) is 0 Å². The van der Waals surface area contributed by atoms with Gasteiger partial charge in [0.15, 0.2) is 0 Å². The van der Waals surface area contributed by atoms with Crippen molar-refractivity contribution in [3.05, 3.63) is 29.8 Å². The molecule has 1 aliphatic rings. The molecule has 1 unspecified atom stereocenters. The Morgan fingerprint density at radius 1 is 1.40 bits per heavy atom. The number of nitrogens with two attached hydrogens (primary N) is 1. The maximum atomic E-state index is 9.52. The number of benzene rings is 1. The molecule has 1 aliphatic heterocycles. The Kier molecular flexibility index (Phi) is 2.99. The molecule has 0 aliphatic carbocycles. The molecule has 0 amide bonds. The lowest BCUT2D eigenvalue weighted by Crippen LogP contribution is -2.18. The highest BCUT2D eigenvalue weighted by Gasteiger charge is 2.09. The molecular formula is C11H15N3O. The van der Waals surface area contributed by atoms with E-state index in [0.717, 1.165) is 24.3 Å². The summed E-state index contributed by atoms with van der Waals surface area (Å²) < 4.78 is 0. The Bertz CT molecular complexity index is 347. The summed E-state index contributed by atoms with van der Waals surface area (Å²) in [6.07, 6.45) is 1.28. The second-order valence-corrected chi connectivity index (χ2v) is 3.56. The highest BCUT2D eigenvalue weighted by atomic mass is 16.3. The molecule has 0 saturated carbocycles. The van der Waals surface area contributed by atoms with E-state index in [9.17, 15) is 5.11 Å². The summed E-state index contributed by atoms with van der Waals surface area (Å²) in [5, 5.41) is 9.52. The molecule has 0 bridgehead atoms. The fraction of sp³-hybridized carbons (Fsp3) is 0.364. The lowest BCUT2D eigenvalue weighted by Gasteiger charge is -2.15. The monoisotopic (exact) mass is 205 g/mol. The lowest BCUT2D eigenvalue weighted by atomic mass is 10.1. The third-order valence-corrected chi connectivity index (χ3v) is 2.52. The zero-order chi connectivity index (χ0) is 10.7. The number of aliphatic hydroxyl groups is 1. The summed E-state index contributed by atoms with van der Waals surface area (Å²) in [5.74, 6) is 0. The zero-order valence-electron chi connectivity index (χ0n) is 8.50. The van der Waals surface area contributed by atoms with Crippen LogP contribution in [0.3, 0.4) is 0 Å². The standard InChI is InChI=1S/C11H15N3O/c12-7-11(15)9-1-3-10(4-2-9)14-6-5-13-8-14/h1-4,8,11,15H,5-7,12H2. The van der Waals surface area contributed by atoms with Gasteiger partial charge in [-0.15, -0.1) is 0 Å². The number of aliphatic imine (C=N–C) groups is 1. The summed E-state index contributed by atoms with van der Waals surface area (Å²) in [6.45, 7) is 2.04. The first-order chi connectivity index (χ1) is 7.31. The quantitative estimate of drug-likeness (QED) is 0.756. The number of anilines is 1. The van der Waals surface area contributed by atoms with Gasteiger partial charge < -0.3 is 15.7 Å². The predicted octanol–water partition coefficient (Wildman–Crippen LogP) is 0.527. The second kappa shape index (κ2) is 4.42. The summed E-state index contributed by atoms with van der Waals surface area (Å²) in [5.41, 5.74) is 7.34. The largest absolute Gasteiger partial charge is 0.387 e. The van der Waals surface area contributed by atoms with Gasteiger partial charge >= 0.3 is 0 Å². The van der Waals surface area contributed by atoms with Crippen molar-refractivity contribution in [1.82, 2.24) is 0 Å². The van der Waals surface area contributed by atoms with Crippen LogP contribution in [-0.4, -0.2) is 31.1 Å². The fourth-order valence-corrected chi connectivity index (χ4v) is 1.60. The molecule has 3 N–H and O–H groups in total. The van der Waals surface area contributed by atoms with Crippen molar-refractivity contribution in [2.45, 2.75) is 6.10 Å². The average molecular weight is 205 g/mol. The average Bonchev–Trinajstić information content (AvgIpc) is 2.82. The minimum atomic E-state index is -0.564. The van der Waals surface area contributed by atoms with Crippen LogP contribution in [0.1, 0.15) is 11.7 Å². The van der Waals surface area contributed by atoms with Crippen LogP contribution in [0.2, 0.25) is 0 Å². The number of nitrogens with zero attached hydrogens (tertiary/aromatic N) is 2. The van der Waals surface area contributed by atoms with Crippen LogP contribution in [-0.2, 0) is 0 Å². The van der Waals surface area contributed by atoms with E-state index in [0.29, 0.717) is 0 Å². The Labute approximate surface area is 89.0 Å². The molecular weight excluding hydrogens is 190 g/mol. The van der Waals surface area contributed by atoms with Gasteiger partial charge in [0.25, 0.3) is 0 Å². The van der Waals surface area contributed by atoms with Crippen LogP contribution in [0, 0.1) is 0 Å². The number of rotatable bonds is 3. The van der Waals surface area contributed by atoms with Crippen molar-refractivity contribution >= 4 is 12.0 Å². The highest BCUT2D eigenvalue weighted by molar-refractivity contribution is 5.80. The lowest BCUT2D eigenvalue weighted by molar-refractivity contribution is 0.187. The van der Waals surface area contributed by atoms with Crippen LogP contribution in [0.5, 0.6) is 0 Å². The Morgan fingerprint density at radius 2 is 2.13 bits per heavy atom. The molecule has 0 aromatic heterocycles. The van der Waals surface area contributed by atoms with E-state index in [2.05, 4.69) is 9.89 Å². The van der Waals surface area contributed by atoms with Gasteiger partial charge in [-0.3, -0.25) is 4.99 Å². The molecule has 1 aromatic carbocycles. The van der Waals surface area contributed by atoms with Crippen LogP contribution in [0.4, 0.5) is 5.69 Å². The van der Waals surface area contributed by atoms with E-state index in [4.69, 9.17) is 5.73 Å². The molecule has 15 heavy (non-hydrogen) atoms. The van der Waals surface area contributed by atoms with E-state index >= 15 is 0 Å². The first-order valence-electron chi connectivity index (χ1n) is 5.06. The van der Waals surface area contributed by atoms with E-state index in [-0.39, 0.29) is 6.54 Å². The van der Waals surface area contributed by atoms with E-state index in [1.165, 1.54) is 0 Å². The normalized spacial score (nSPS) is 17.1. The highest BCUT2D eigenvalue weighted by Crippen LogP contribution is 2.19. The third kappa shape index (κ3) is 2.16. The number of hydrogen-bond acceptors (Lipinski definition) is 4. The molecule has 4 nitrogen and oxygen atoms in total. The van der Waals surface area contributed by atoms with Crippen molar-refractivity contribution < 1.29 is 5.11 Å². The van der Waals surface area contributed by atoms with Crippen LogP contribution in [0.25, 0.3) is 0 Å². The van der Waals surface area contributed by atoms with Crippen molar-refractivity contribution in [2.24, 2.45) is 10.7 Å². The van der Waals surface area contributed by atoms with Gasteiger partial charge in [0.1, 0.15) is 0 Å². The smallest absolute Gasteiger partial charge is 0.0912 e. The van der Waals surface area contributed by atoms with E-state index in [1.807, 2.05) is 30.6 Å². The number of hydrogen-bond donors (Lipinski definition) is 2. The zero-order valence-corrected chi connectivity index (χ0v) is 8.50. The van der Waals surface area contributed by atoms with Gasteiger partial charge in [0.2, 0.25) is 0 Å². The van der Waals surface area contributed by atoms with E-state index < -0.39 is 6.10 Å². The summed E-state index contributed by atoms with van der Waals surface area (Å²) >= 11 is 0. The number of aliphatic hydroxyl groups excluding tert-OH is 1. The molecule has 4 heteroatoms. The molecule has 0 radical (unpaired) electrons. The maximum Gasteiger partial charge on any atom is 0.0912 e. The van der Waals surface area contributed by atoms with Gasteiger partial charge in [-0.2, -0.15) is 0 Å². The Hall–Kier alpha value is -1.39. The van der Waals surface area contributed by atoms with Crippen LogP contribution in [0.15, 0.2) is 29.3 Å². The maximum absolute atomic E-state index is 9.52. The van der Waals surface area contributed by atoms with Gasteiger partial charge in [0, 0.05) is 18.8 Å². The fourth-order valence-electron chi connectivity index (χ4n) is 1.60. The minimum absolute atomic E-state index is 0.254. The Balaban J connectivity index is 2.13. The van der Waals surface area contributed by atoms with Crippen LogP contribution < -0.4 is 10.6 Å². The molecule has 1 atom stereocenters. The molecule has 1 heterocycles.